The molecule has 2 fully saturated rings. The highest BCUT2D eigenvalue weighted by Crippen LogP contribution is 2.31. The molecule has 1 aromatic carbocycles. The third-order valence-electron chi connectivity index (χ3n) is 5.73. The van der Waals surface area contributed by atoms with Crippen molar-refractivity contribution in [1.29, 1.82) is 0 Å². The second-order valence-corrected chi connectivity index (χ2v) is 7.29. The molecule has 0 spiro atoms. The molecule has 132 valence electrons. The minimum atomic E-state index is -0.388. The molecular formula is C20H30N2O2. The first-order chi connectivity index (χ1) is 11.7. The van der Waals surface area contributed by atoms with Crippen molar-refractivity contribution >= 4 is 5.91 Å². The lowest BCUT2D eigenvalue weighted by molar-refractivity contribution is -0.138. The van der Waals surface area contributed by atoms with E-state index in [0.29, 0.717) is 5.92 Å². The van der Waals surface area contributed by atoms with Crippen molar-refractivity contribution in [2.24, 2.45) is 5.92 Å². The summed E-state index contributed by atoms with van der Waals surface area (Å²) in [5.41, 5.74) is 1.01. The highest BCUT2D eigenvalue weighted by molar-refractivity contribution is 5.81. The van der Waals surface area contributed by atoms with Crippen LogP contribution >= 0.6 is 0 Å². The van der Waals surface area contributed by atoms with Gasteiger partial charge in [-0.2, -0.15) is 0 Å². The lowest BCUT2D eigenvalue weighted by Gasteiger charge is -2.39. The number of aliphatic hydroxyl groups excluding tert-OH is 1. The molecule has 2 unspecified atom stereocenters. The lowest BCUT2D eigenvalue weighted by Crippen LogP contribution is -2.51. The summed E-state index contributed by atoms with van der Waals surface area (Å²) >= 11 is 0. The molecule has 1 amide bonds. The van der Waals surface area contributed by atoms with Crippen LogP contribution in [0.15, 0.2) is 30.3 Å². The van der Waals surface area contributed by atoms with Gasteiger partial charge in [0.25, 0.3) is 0 Å². The Morgan fingerprint density at radius 2 is 1.67 bits per heavy atom. The van der Waals surface area contributed by atoms with Crippen LogP contribution in [0.2, 0.25) is 0 Å². The number of carbonyl (C=O) groups excluding carboxylic acids is 1. The molecule has 2 aliphatic rings. The van der Waals surface area contributed by atoms with Crippen molar-refractivity contribution in [2.75, 3.05) is 26.2 Å². The molecule has 2 saturated heterocycles. The zero-order valence-corrected chi connectivity index (χ0v) is 14.7. The number of likely N-dealkylation sites (tertiary alicyclic amines) is 2. The monoisotopic (exact) mass is 330 g/mol. The average molecular weight is 330 g/mol. The molecule has 0 saturated carbocycles. The summed E-state index contributed by atoms with van der Waals surface area (Å²) < 4.78 is 0. The van der Waals surface area contributed by atoms with Crippen LogP contribution in [0.3, 0.4) is 0 Å². The van der Waals surface area contributed by atoms with Crippen molar-refractivity contribution in [2.45, 2.75) is 51.2 Å². The summed E-state index contributed by atoms with van der Waals surface area (Å²) in [7, 11) is 0. The quantitative estimate of drug-likeness (QED) is 0.923. The van der Waals surface area contributed by atoms with E-state index in [2.05, 4.69) is 4.90 Å². The van der Waals surface area contributed by atoms with Crippen LogP contribution in [0, 0.1) is 5.92 Å². The van der Waals surface area contributed by atoms with E-state index in [1.54, 1.807) is 0 Å². The van der Waals surface area contributed by atoms with Gasteiger partial charge in [-0.1, -0.05) is 30.3 Å². The summed E-state index contributed by atoms with van der Waals surface area (Å²) in [6, 6.07) is 9.91. The lowest BCUT2D eigenvalue weighted by atomic mass is 9.87. The third kappa shape index (κ3) is 3.98. The van der Waals surface area contributed by atoms with E-state index >= 15 is 0 Å². The Bertz CT molecular complexity index is 520. The number of aliphatic hydroxyl groups is 1. The van der Waals surface area contributed by atoms with Gasteiger partial charge in [0.1, 0.15) is 0 Å². The van der Waals surface area contributed by atoms with E-state index in [-0.39, 0.29) is 18.1 Å². The van der Waals surface area contributed by atoms with E-state index in [1.165, 1.54) is 6.42 Å². The number of hydrogen-bond acceptors (Lipinski definition) is 3. The molecule has 1 N–H and O–H groups in total. The highest BCUT2D eigenvalue weighted by Gasteiger charge is 2.32. The first-order valence-electron chi connectivity index (χ1n) is 9.42. The molecule has 2 atom stereocenters. The predicted molar refractivity (Wildman–Crippen MR) is 95.6 cm³/mol. The molecule has 3 rings (SSSR count). The van der Waals surface area contributed by atoms with Gasteiger partial charge < -0.3 is 10.0 Å². The van der Waals surface area contributed by atoms with Gasteiger partial charge in [-0.05, 0) is 63.6 Å². The smallest absolute Gasteiger partial charge is 0.239 e. The zero-order valence-electron chi connectivity index (χ0n) is 14.7. The van der Waals surface area contributed by atoms with Crippen LogP contribution < -0.4 is 0 Å². The van der Waals surface area contributed by atoms with Crippen LogP contribution in [0.25, 0.3) is 0 Å². The van der Waals surface area contributed by atoms with Crippen LogP contribution in [0.5, 0.6) is 0 Å². The predicted octanol–water partition coefficient (Wildman–Crippen LogP) is 2.83. The van der Waals surface area contributed by atoms with Crippen LogP contribution in [0.4, 0.5) is 0 Å². The Morgan fingerprint density at radius 3 is 2.29 bits per heavy atom. The molecule has 4 heteroatoms. The molecule has 0 aliphatic carbocycles. The van der Waals surface area contributed by atoms with E-state index < -0.39 is 0 Å². The maximum absolute atomic E-state index is 12.7. The molecule has 1 aromatic rings. The van der Waals surface area contributed by atoms with E-state index in [0.717, 1.165) is 57.4 Å². The number of amides is 1. The van der Waals surface area contributed by atoms with Gasteiger partial charge in [-0.15, -0.1) is 0 Å². The second-order valence-electron chi connectivity index (χ2n) is 7.29. The summed E-state index contributed by atoms with van der Waals surface area (Å²) in [5.74, 6) is 0.581. The van der Waals surface area contributed by atoms with E-state index in [1.807, 2.05) is 42.2 Å². The van der Waals surface area contributed by atoms with Gasteiger partial charge >= 0.3 is 0 Å². The van der Waals surface area contributed by atoms with Crippen molar-refractivity contribution < 1.29 is 9.90 Å². The Labute approximate surface area is 145 Å². The van der Waals surface area contributed by atoms with Crippen LogP contribution in [-0.2, 0) is 4.79 Å². The molecule has 0 radical (unpaired) electrons. The topological polar surface area (TPSA) is 43.8 Å². The van der Waals surface area contributed by atoms with Gasteiger partial charge in [0.05, 0.1) is 12.1 Å². The fourth-order valence-electron chi connectivity index (χ4n) is 4.08. The van der Waals surface area contributed by atoms with Crippen molar-refractivity contribution in [1.82, 2.24) is 9.80 Å². The SMILES string of the molecule is CC(C(=O)N1CCCCC1)N1CCC(C(O)c2ccccc2)CC1. The van der Waals surface area contributed by atoms with Crippen molar-refractivity contribution in [3.8, 4) is 0 Å². The van der Waals surface area contributed by atoms with Gasteiger partial charge in [-0.25, -0.2) is 0 Å². The van der Waals surface area contributed by atoms with Crippen LogP contribution in [0.1, 0.15) is 50.7 Å². The minimum Gasteiger partial charge on any atom is -0.388 e. The minimum absolute atomic E-state index is 0.0297. The van der Waals surface area contributed by atoms with Crippen molar-refractivity contribution in [3.05, 3.63) is 35.9 Å². The summed E-state index contributed by atoms with van der Waals surface area (Å²) in [6.45, 7) is 5.69. The average Bonchev–Trinajstić information content (AvgIpc) is 2.68. The summed E-state index contributed by atoms with van der Waals surface area (Å²) in [4.78, 5) is 17.0. The second kappa shape index (κ2) is 8.13. The maximum atomic E-state index is 12.7. The largest absolute Gasteiger partial charge is 0.388 e. The third-order valence-corrected chi connectivity index (χ3v) is 5.73. The standard InChI is InChI=1S/C20H30N2O2/c1-16(20(24)22-12-6-3-7-13-22)21-14-10-18(11-15-21)19(23)17-8-4-2-5-9-17/h2,4-5,8-9,16,18-19,23H,3,6-7,10-15H2,1H3. The number of hydrogen-bond donors (Lipinski definition) is 1. The van der Waals surface area contributed by atoms with Crippen LogP contribution in [-0.4, -0.2) is 53.0 Å². The molecule has 2 aliphatic heterocycles. The maximum Gasteiger partial charge on any atom is 0.239 e. The fourth-order valence-corrected chi connectivity index (χ4v) is 4.08. The number of carbonyl (C=O) groups is 1. The number of nitrogens with zero attached hydrogens (tertiary/aromatic N) is 2. The first kappa shape index (κ1) is 17.4. The van der Waals surface area contributed by atoms with Gasteiger partial charge in [0.2, 0.25) is 5.91 Å². The van der Waals surface area contributed by atoms with Crippen molar-refractivity contribution in [3.63, 3.8) is 0 Å². The first-order valence-corrected chi connectivity index (χ1v) is 9.42. The molecule has 4 nitrogen and oxygen atoms in total. The van der Waals surface area contributed by atoms with Gasteiger partial charge in [-0.3, -0.25) is 9.69 Å². The summed E-state index contributed by atoms with van der Waals surface area (Å²) in [5, 5.41) is 10.6. The Balaban J connectivity index is 1.51. The van der Waals surface area contributed by atoms with E-state index in [4.69, 9.17) is 0 Å². The van der Waals surface area contributed by atoms with Gasteiger partial charge in [0.15, 0.2) is 0 Å². The van der Waals surface area contributed by atoms with E-state index in [9.17, 15) is 9.90 Å². The number of piperidine rings is 2. The number of benzene rings is 1. The normalized spacial score (nSPS) is 23.0. The Hall–Kier alpha value is -1.39. The summed E-state index contributed by atoms with van der Waals surface area (Å²) in [6.07, 6.45) is 5.05. The number of rotatable bonds is 4. The van der Waals surface area contributed by atoms with Gasteiger partial charge in [0, 0.05) is 13.1 Å². The Morgan fingerprint density at radius 1 is 1.04 bits per heavy atom. The molecule has 24 heavy (non-hydrogen) atoms. The molecular weight excluding hydrogens is 300 g/mol. The molecule has 0 bridgehead atoms. The molecule has 2 heterocycles. The Kier molecular flexibility index (Phi) is 5.90. The zero-order chi connectivity index (χ0) is 16.9. The highest BCUT2D eigenvalue weighted by atomic mass is 16.3. The fraction of sp³-hybridized carbons (Fsp3) is 0.650. The molecule has 0 aromatic heterocycles.